The van der Waals surface area contributed by atoms with Crippen LogP contribution in [-0.2, 0) is 4.74 Å². The highest BCUT2D eigenvalue weighted by Gasteiger charge is 2.17. The Morgan fingerprint density at radius 1 is 0.867 bits per heavy atom. The maximum Gasteiger partial charge on any atom is 0.339 e. The van der Waals surface area contributed by atoms with E-state index in [-0.39, 0.29) is 12.4 Å². The third-order valence-electron chi connectivity index (χ3n) is 5.04. The first kappa shape index (κ1) is 19.5. The number of fused-ring (bicyclic) bond motifs is 1. The summed E-state index contributed by atoms with van der Waals surface area (Å²) in [6.07, 6.45) is 0. The molecular formula is C26H21NO3. The molecule has 0 amide bonds. The zero-order valence-electron chi connectivity index (χ0n) is 16.9. The summed E-state index contributed by atoms with van der Waals surface area (Å²) in [6, 6.07) is 24.1. The van der Waals surface area contributed by atoms with E-state index < -0.39 is 5.97 Å². The molecule has 0 atom stereocenters. The van der Waals surface area contributed by atoms with Crippen LogP contribution in [0.5, 0.6) is 0 Å². The average Bonchev–Trinajstić information content (AvgIpc) is 2.78. The third-order valence-corrected chi connectivity index (χ3v) is 5.04. The Morgan fingerprint density at radius 3 is 2.40 bits per heavy atom. The summed E-state index contributed by atoms with van der Waals surface area (Å²) >= 11 is 0. The second-order valence-corrected chi connectivity index (χ2v) is 7.26. The van der Waals surface area contributed by atoms with Crippen LogP contribution >= 0.6 is 0 Å². The van der Waals surface area contributed by atoms with E-state index in [0.29, 0.717) is 27.7 Å². The van der Waals surface area contributed by atoms with Gasteiger partial charge in [0.2, 0.25) is 0 Å². The predicted octanol–water partition coefficient (Wildman–Crippen LogP) is 5.56. The molecule has 4 nitrogen and oxygen atoms in total. The average molecular weight is 395 g/mol. The number of aromatic nitrogens is 1. The largest absolute Gasteiger partial charge is 0.454 e. The lowest BCUT2D eigenvalue weighted by molar-refractivity contribution is 0.0476. The summed E-state index contributed by atoms with van der Waals surface area (Å²) in [5.74, 6) is -0.776. The molecule has 3 aromatic carbocycles. The lowest BCUT2D eigenvalue weighted by atomic mass is 9.99. The number of hydrogen-bond donors (Lipinski definition) is 0. The lowest BCUT2D eigenvalue weighted by Gasteiger charge is -2.12. The smallest absolute Gasteiger partial charge is 0.339 e. The van der Waals surface area contributed by atoms with Gasteiger partial charge in [0, 0.05) is 16.5 Å². The van der Waals surface area contributed by atoms with Crippen LogP contribution in [0.3, 0.4) is 0 Å². The molecule has 4 aromatic rings. The van der Waals surface area contributed by atoms with Gasteiger partial charge in [0.1, 0.15) is 0 Å². The fourth-order valence-corrected chi connectivity index (χ4v) is 3.41. The number of ether oxygens (including phenoxy) is 1. The number of pyridine rings is 1. The zero-order valence-corrected chi connectivity index (χ0v) is 16.9. The quantitative estimate of drug-likeness (QED) is 0.328. The van der Waals surface area contributed by atoms with E-state index in [2.05, 4.69) is 6.07 Å². The van der Waals surface area contributed by atoms with Crippen molar-refractivity contribution >= 4 is 22.7 Å². The Kier molecular flexibility index (Phi) is 5.40. The summed E-state index contributed by atoms with van der Waals surface area (Å²) in [6.45, 7) is 3.73. The Morgan fingerprint density at radius 2 is 1.60 bits per heavy atom. The maximum atomic E-state index is 12.9. The van der Waals surface area contributed by atoms with Crippen molar-refractivity contribution in [1.82, 2.24) is 4.98 Å². The summed E-state index contributed by atoms with van der Waals surface area (Å²) in [4.78, 5) is 30.0. The summed E-state index contributed by atoms with van der Waals surface area (Å²) in [5, 5.41) is 0.698. The number of para-hydroxylation sites is 1. The molecular weight excluding hydrogens is 374 g/mol. The second kappa shape index (κ2) is 8.29. The monoisotopic (exact) mass is 395 g/mol. The van der Waals surface area contributed by atoms with Gasteiger partial charge in [-0.05, 0) is 37.6 Å². The number of esters is 1. The van der Waals surface area contributed by atoms with Gasteiger partial charge in [-0.2, -0.15) is 0 Å². The molecule has 4 rings (SSSR count). The molecule has 0 aliphatic heterocycles. The number of aryl methyl sites for hydroxylation is 2. The number of carbonyl (C=O) groups excluding carboxylic acids is 2. The van der Waals surface area contributed by atoms with Crippen molar-refractivity contribution in [1.29, 1.82) is 0 Å². The van der Waals surface area contributed by atoms with Gasteiger partial charge in [-0.15, -0.1) is 0 Å². The van der Waals surface area contributed by atoms with Crippen molar-refractivity contribution in [2.45, 2.75) is 13.8 Å². The molecule has 0 bridgehead atoms. The highest BCUT2D eigenvalue weighted by Crippen LogP contribution is 2.28. The van der Waals surface area contributed by atoms with Crippen LogP contribution in [0.15, 0.2) is 78.9 Å². The standard InChI is InChI=1S/C26H21NO3/c1-17-12-13-18(2)21(14-17)24-15-22(20-10-6-7-11-23(20)27-24)26(29)30-16-25(28)19-8-4-3-5-9-19/h3-15H,16H2,1-2H3. The van der Waals surface area contributed by atoms with E-state index in [4.69, 9.17) is 9.72 Å². The summed E-state index contributed by atoms with van der Waals surface area (Å²) < 4.78 is 5.38. The normalized spacial score (nSPS) is 10.7. The minimum Gasteiger partial charge on any atom is -0.454 e. The van der Waals surface area contributed by atoms with E-state index in [1.165, 1.54) is 0 Å². The van der Waals surface area contributed by atoms with Crippen LogP contribution in [0.1, 0.15) is 31.8 Å². The van der Waals surface area contributed by atoms with E-state index in [9.17, 15) is 9.59 Å². The molecule has 0 N–H and O–H groups in total. The molecule has 0 spiro atoms. The van der Waals surface area contributed by atoms with E-state index in [1.54, 1.807) is 30.3 Å². The number of Topliss-reactive ketones (excluding diaryl/α,β-unsaturated/α-hetero) is 1. The number of hydrogen-bond acceptors (Lipinski definition) is 4. The third kappa shape index (κ3) is 3.98. The van der Waals surface area contributed by atoms with Crippen LogP contribution in [0.25, 0.3) is 22.2 Å². The molecule has 0 aliphatic carbocycles. The minimum absolute atomic E-state index is 0.239. The van der Waals surface area contributed by atoms with E-state index >= 15 is 0 Å². The van der Waals surface area contributed by atoms with Crippen LogP contribution in [0.4, 0.5) is 0 Å². The molecule has 0 radical (unpaired) electrons. The highest BCUT2D eigenvalue weighted by atomic mass is 16.5. The second-order valence-electron chi connectivity index (χ2n) is 7.26. The Labute approximate surface area is 175 Å². The van der Waals surface area contributed by atoms with Gasteiger partial charge in [-0.25, -0.2) is 9.78 Å². The van der Waals surface area contributed by atoms with Crippen LogP contribution in [-0.4, -0.2) is 23.3 Å². The predicted molar refractivity (Wildman–Crippen MR) is 118 cm³/mol. The maximum absolute atomic E-state index is 12.9. The molecule has 0 saturated heterocycles. The van der Waals surface area contributed by atoms with Crippen LogP contribution in [0.2, 0.25) is 0 Å². The molecule has 1 heterocycles. The molecule has 0 fully saturated rings. The fraction of sp³-hybridized carbons (Fsp3) is 0.115. The number of benzene rings is 3. The Hall–Kier alpha value is -3.79. The highest BCUT2D eigenvalue weighted by molar-refractivity contribution is 6.06. The molecule has 0 saturated carbocycles. The van der Waals surface area contributed by atoms with Gasteiger partial charge in [0.15, 0.2) is 12.4 Å². The van der Waals surface area contributed by atoms with Crippen LogP contribution in [0, 0.1) is 13.8 Å². The van der Waals surface area contributed by atoms with Gasteiger partial charge in [0.05, 0.1) is 16.8 Å². The molecule has 1 aromatic heterocycles. The van der Waals surface area contributed by atoms with E-state index in [1.807, 2.05) is 56.3 Å². The molecule has 0 unspecified atom stereocenters. The first-order valence-electron chi connectivity index (χ1n) is 9.76. The molecule has 148 valence electrons. The van der Waals surface area contributed by atoms with E-state index in [0.717, 1.165) is 16.7 Å². The van der Waals surface area contributed by atoms with Gasteiger partial charge in [-0.1, -0.05) is 66.2 Å². The van der Waals surface area contributed by atoms with Crippen molar-refractivity contribution in [3.63, 3.8) is 0 Å². The van der Waals surface area contributed by atoms with Crippen molar-refractivity contribution in [2.75, 3.05) is 6.61 Å². The number of ketones is 1. The number of carbonyl (C=O) groups is 2. The lowest BCUT2D eigenvalue weighted by Crippen LogP contribution is -2.15. The minimum atomic E-state index is -0.538. The van der Waals surface area contributed by atoms with Gasteiger partial charge < -0.3 is 4.74 Å². The molecule has 30 heavy (non-hydrogen) atoms. The number of nitrogens with zero attached hydrogens (tertiary/aromatic N) is 1. The zero-order chi connectivity index (χ0) is 21.1. The fourth-order valence-electron chi connectivity index (χ4n) is 3.41. The van der Waals surface area contributed by atoms with Gasteiger partial charge in [0.25, 0.3) is 0 Å². The summed E-state index contributed by atoms with van der Waals surface area (Å²) in [5.41, 5.74) is 5.48. The SMILES string of the molecule is Cc1ccc(C)c(-c2cc(C(=O)OCC(=O)c3ccccc3)c3ccccc3n2)c1. The first-order valence-corrected chi connectivity index (χ1v) is 9.76. The van der Waals surface area contributed by atoms with Crippen molar-refractivity contribution in [3.8, 4) is 11.3 Å². The van der Waals surface area contributed by atoms with Crippen molar-refractivity contribution in [3.05, 3.63) is 101 Å². The van der Waals surface area contributed by atoms with Gasteiger partial charge in [-0.3, -0.25) is 4.79 Å². The first-order chi connectivity index (χ1) is 14.5. The topological polar surface area (TPSA) is 56.3 Å². The molecule has 0 aliphatic rings. The van der Waals surface area contributed by atoms with Gasteiger partial charge >= 0.3 is 5.97 Å². The Balaban J connectivity index is 1.70. The Bertz CT molecular complexity index is 1250. The van der Waals surface area contributed by atoms with Crippen molar-refractivity contribution in [2.24, 2.45) is 0 Å². The van der Waals surface area contributed by atoms with Crippen molar-refractivity contribution < 1.29 is 14.3 Å². The van der Waals surface area contributed by atoms with Crippen LogP contribution < -0.4 is 0 Å². The molecule has 4 heteroatoms. The number of rotatable bonds is 5. The summed E-state index contributed by atoms with van der Waals surface area (Å²) in [7, 11) is 0.